The SMILES string of the molecule is CC1CCCCN1S(=O)(=O)c1cccc(C(=O)Nc2ccc(-c3cn4ccsc4n3)cc2)c1. The van der Waals surface area contributed by atoms with Crippen molar-refractivity contribution in [3.8, 4) is 11.3 Å². The fourth-order valence-corrected chi connectivity index (χ4v) is 6.60. The smallest absolute Gasteiger partial charge is 0.255 e. The molecule has 170 valence electrons. The van der Waals surface area contributed by atoms with Gasteiger partial charge >= 0.3 is 0 Å². The molecule has 0 saturated carbocycles. The van der Waals surface area contributed by atoms with Gasteiger partial charge in [0.1, 0.15) is 0 Å². The first-order chi connectivity index (χ1) is 15.9. The Morgan fingerprint density at radius 2 is 1.97 bits per heavy atom. The van der Waals surface area contributed by atoms with Gasteiger partial charge in [-0.15, -0.1) is 11.3 Å². The van der Waals surface area contributed by atoms with Crippen LogP contribution in [-0.2, 0) is 10.0 Å². The largest absolute Gasteiger partial charge is 0.322 e. The van der Waals surface area contributed by atoms with E-state index in [0.29, 0.717) is 17.8 Å². The standard InChI is InChI=1S/C24H24N4O3S2/c1-17-5-2-3-12-28(17)33(30,31)21-7-4-6-19(15-21)23(29)25-20-10-8-18(9-11-20)22-16-27-13-14-32-24(27)26-22/h4,6-11,13-17H,2-3,5,12H2,1H3,(H,25,29). The van der Waals surface area contributed by atoms with Crippen LogP contribution in [0.3, 0.4) is 0 Å². The second-order valence-electron chi connectivity index (χ2n) is 8.24. The van der Waals surface area contributed by atoms with Crippen LogP contribution in [0.1, 0.15) is 36.5 Å². The molecule has 1 aliphatic rings. The molecule has 1 saturated heterocycles. The van der Waals surface area contributed by atoms with Crippen molar-refractivity contribution < 1.29 is 13.2 Å². The van der Waals surface area contributed by atoms with E-state index in [1.807, 2.05) is 53.4 Å². The Hall–Kier alpha value is -3.01. The molecule has 0 bridgehead atoms. The predicted molar refractivity (Wildman–Crippen MR) is 130 cm³/mol. The van der Waals surface area contributed by atoms with E-state index in [9.17, 15) is 13.2 Å². The molecule has 4 aromatic rings. The highest BCUT2D eigenvalue weighted by molar-refractivity contribution is 7.89. The minimum absolute atomic E-state index is 0.0362. The van der Waals surface area contributed by atoms with Crippen molar-refractivity contribution in [2.45, 2.75) is 37.1 Å². The number of hydrogen-bond donors (Lipinski definition) is 1. The molecule has 7 nitrogen and oxygen atoms in total. The van der Waals surface area contributed by atoms with Crippen LogP contribution in [0.5, 0.6) is 0 Å². The van der Waals surface area contributed by atoms with Gasteiger partial charge in [0.25, 0.3) is 5.91 Å². The van der Waals surface area contributed by atoms with Gasteiger partial charge in [-0.2, -0.15) is 4.31 Å². The highest BCUT2D eigenvalue weighted by Crippen LogP contribution is 2.26. The van der Waals surface area contributed by atoms with Crippen LogP contribution >= 0.6 is 11.3 Å². The third kappa shape index (κ3) is 4.31. The first-order valence-electron chi connectivity index (χ1n) is 10.9. The number of aromatic nitrogens is 2. The molecule has 0 aliphatic carbocycles. The van der Waals surface area contributed by atoms with Gasteiger partial charge in [0.05, 0.1) is 10.6 Å². The van der Waals surface area contributed by atoms with Crippen molar-refractivity contribution in [2.24, 2.45) is 0 Å². The highest BCUT2D eigenvalue weighted by Gasteiger charge is 2.31. The van der Waals surface area contributed by atoms with Crippen molar-refractivity contribution in [1.29, 1.82) is 0 Å². The Bertz CT molecular complexity index is 1380. The second kappa shape index (κ2) is 8.74. The molecule has 1 fully saturated rings. The Balaban J connectivity index is 1.32. The number of nitrogens with zero attached hydrogens (tertiary/aromatic N) is 3. The number of carbonyl (C=O) groups excluding carboxylic acids is 1. The Labute approximate surface area is 196 Å². The summed E-state index contributed by atoms with van der Waals surface area (Å²) in [5.41, 5.74) is 2.75. The summed E-state index contributed by atoms with van der Waals surface area (Å²) in [6, 6.07) is 13.7. The minimum atomic E-state index is -3.64. The molecule has 0 radical (unpaired) electrons. The van der Waals surface area contributed by atoms with E-state index in [0.717, 1.165) is 35.5 Å². The number of fused-ring (bicyclic) bond motifs is 1. The van der Waals surface area contributed by atoms with Crippen molar-refractivity contribution in [3.63, 3.8) is 0 Å². The van der Waals surface area contributed by atoms with Crippen molar-refractivity contribution in [1.82, 2.24) is 13.7 Å². The van der Waals surface area contributed by atoms with E-state index in [-0.39, 0.29) is 16.8 Å². The molecule has 1 unspecified atom stereocenters. The zero-order chi connectivity index (χ0) is 23.0. The Morgan fingerprint density at radius 1 is 1.15 bits per heavy atom. The van der Waals surface area contributed by atoms with E-state index in [1.54, 1.807) is 33.8 Å². The van der Waals surface area contributed by atoms with Gasteiger partial charge in [0.15, 0.2) is 4.96 Å². The molecule has 1 amide bonds. The van der Waals surface area contributed by atoms with Gasteiger partial charge in [0.2, 0.25) is 10.0 Å². The van der Waals surface area contributed by atoms with Crippen LogP contribution in [0.25, 0.3) is 16.2 Å². The highest BCUT2D eigenvalue weighted by atomic mass is 32.2. The van der Waals surface area contributed by atoms with Crippen LogP contribution in [0.2, 0.25) is 0 Å². The summed E-state index contributed by atoms with van der Waals surface area (Å²) < 4.78 is 29.8. The lowest BCUT2D eigenvalue weighted by atomic mass is 10.1. The molecule has 1 N–H and O–H groups in total. The number of nitrogens with one attached hydrogen (secondary N) is 1. The quantitative estimate of drug-likeness (QED) is 0.441. The van der Waals surface area contributed by atoms with E-state index in [1.165, 1.54) is 6.07 Å². The monoisotopic (exact) mass is 480 g/mol. The average molecular weight is 481 g/mol. The summed E-state index contributed by atoms with van der Waals surface area (Å²) in [7, 11) is -3.64. The fraction of sp³-hybridized carbons (Fsp3) is 0.250. The summed E-state index contributed by atoms with van der Waals surface area (Å²) in [6.45, 7) is 2.45. The molecule has 2 aromatic heterocycles. The van der Waals surface area contributed by atoms with E-state index in [4.69, 9.17) is 0 Å². The first-order valence-corrected chi connectivity index (χ1v) is 13.2. The maximum Gasteiger partial charge on any atom is 0.255 e. The number of piperidine rings is 1. The van der Waals surface area contributed by atoms with Crippen LogP contribution in [0, 0.1) is 0 Å². The lowest BCUT2D eigenvalue weighted by Crippen LogP contribution is -2.41. The Kier molecular flexibility index (Phi) is 5.77. The van der Waals surface area contributed by atoms with Crippen LogP contribution in [-0.4, -0.2) is 40.6 Å². The summed E-state index contributed by atoms with van der Waals surface area (Å²) in [4.78, 5) is 18.5. The summed E-state index contributed by atoms with van der Waals surface area (Å²) in [6.07, 6.45) is 6.68. The first kappa shape index (κ1) is 21.8. The molecular weight excluding hydrogens is 456 g/mol. The number of rotatable bonds is 5. The van der Waals surface area contributed by atoms with Crippen molar-refractivity contribution in [2.75, 3.05) is 11.9 Å². The van der Waals surface area contributed by atoms with Crippen LogP contribution in [0.15, 0.2) is 71.2 Å². The van der Waals surface area contributed by atoms with E-state index in [2.05, 4.69) is 10.3 Å². The zero-order valence-electron chi connectivity index (χ0n) is 18.1. The van der Waals surface area contributed by atoms with Gasteiger partial charge in [0, 0.05) is 47.2 Å². The molecule has 9 heteroatoms. The summed E-state index contributed by atoms with van der Waals surface area (Å²) in [5.74, 6) is -0.353. The van der Waals surface area contributed by atoms with Crippen LogP contribution < -0.4 is 5.32 Å². The number of carbonyl (C=O) groups is 1. The second-order valence-corrected chi connectivity index (χ2v) is 11.0. The predicted octanol–water partition coefficient (Wildman–Crippen LogP) is 4.88. The maximum absolute atomic E-state index is 13.1. The summed E-state index contributed by atoms with van der Waals surface area (Å²) in [5, 5.41) is 4.84. The molecular formula is C24H24N4O3S2. The average Bonchev–Trinajstić information content (AvgIpc) is 3.42. The number of sulfonamides is 1. The van der Waals surface area contributed by atoms with Crippen molar-refractivity contribution in [3.05, 3.63) is 71.9 Å². The maximum atomic E-state index is 13.1. The van der Waals surface area contributed by atoms with E-state index >= 15 is 0 Å². The van der Waals surface area contributed by atoms with Gasteiger partial charge < -0.3 is 5.32 Å². The topological polar surface area (TPSA) is 83.8 Å². The number of hydrogen-bond acceptors (Lipinski definition) is 5. The zero-order valence-corrected chi connectivity index (χ0v) is 19.8. The number of thiazole rings is 1. The van der Waals surface area contributed by atoms with Gasteiger partial charge in [-0.3, -0.25) is 9.20 Å². The Morgan fingerprint density at radius 3 is 2.73 bits per heavy atom. The van der Waals surface area contributed by atoms with Gasteiger partial charge in [-0.05, 0) is 50.1 Å². The lowest BCUT2D eigenvalue weighted by Gasteiger charge is -2.32. The molecule has 33 heavy (non-hydrogen) atoms. The molecule has 3 heterocycles. The van der Waals surface area contributed by atoms with Crippen molar-refractivity contribution >= 4 is 37.9 Å². The molecule has 2 aromatic carbocycles. The molecule has 5 rings (SSSR count). The third-order valence-electron chi connectivity index (χ3n) is 5.98. The number of benzene rings is 2. The number of imidazole rings is 1. The molecule has 0 spiro atoms. The third-order valence-corrected chi connectivity index (χ3v) is 8.76. The lowest BCUT2D eigenvalue weighted by molar-refractivity contribution is 0.102. The van der Waals surface area contributed by atoms with Crippen LogP contribution in [0.4, 0.5) is 5.69 Å². The van der Waals surface area contributed by atoms with E-state index < -0.39 is 10.0 Å². The minimum Gasteiger partial charge on any atom is -0.322 e. The number of anilines is 1. The number of amides is 1. The molecule has 1 atom stereocenters. The normalized spacial score (nSPS) is 17.3. The summed E-state index contributed by atoms with van der Waals surface area (Å²) >= 11 is 1.57. The fourth-order valence-electron chi connectivity index (χ4n) is 4.16. The van der Waals surface area contributed by atoms with Gasteiger partial charge in [-0.25, -0.2) is 13.4 Å². The molecule has 1 aliphatic heterocycles. The van der Waals surface area contributed by atoms with Gasteiger partial charge in [-0.1, -0.05) is 24.6 Å².